The van der Waals surface area contributed by atoms with Crippen molar-refractivity contribution in [1.29, 1.82) is 0 Å². The van der Waals surface area contributed by atoms with Crippen LogP contribution in [-0.4, -0.2) is 12.3 Å². The molecule has 1 aromatic heterocycles. The van der Waals surface area contributed by atoms with Gasteiger partial charge in [0.05, 0.1) is 7.11 Å². The summed E-state index contributed by atoms with van der Waals surface area (Å²) in [6, 6.07) is 5.61. The van der Waals surface area contributed by atoms with Gasteiger partial charge in [-0.15, -0.1) is 0 Å². The quantitative estimate of drug-likeness (QED) is 0.620. The van der Waals surface area contributed by atoms with E-state index in [9.17, 15) is 0 Å². The van der Waals surface area contributed by atoms with Gasteiger partial charge in [-0.2, -0.15) is 0 Å². The first-order valence-corrected chi connectivity index (χ1v) is 3.28. The van der Waals surface area contributed by atoms with Gasteiger partial charge in [0, 0.05) is 11.5 Å². The lowest BCUT2D eigenvalue weighted by molar-refractivity contribution is 0.413. The molecule has 3 heteroatoms. The normalized spacial score (nSPS) is 10.3. The largest absolute Gasteiger partial charge is 0.497 e. The predicted molar refractivity (Wildman–Crippen MR) is 40.6 cm³/mol. The molecule has 0 saturated heterocycles. The number of rotatable bonds is 1. The molecule has 3 nitrogen and oxygen atoms in total. The Balaban J connectivity index is 2.67. The minimum Gasteiger partial charge on any atom is -0.497 e. The Bertz CT molecular complexity index is 367. The van der Waals surface area contributed by atoms with Gasteiger partial charge in [-0.1, -0.05) is 5.16 Å². The van der Waals surface area contributed by atoms with Gasteiger partial charge in [0.15, 0.2) is 0 Å². The Labute approximate surface area is 63.6 Å². The van der Waals surface area contributed by atoms with Gasteiger partial charge in [-0.25, -0.2) is 0 Å². The highest BCUT2D eigenvalue weighted by atomic mass is 16.5. The lowest BCUT2D eigenvalue weighted by Gasteiger charge is -1.95. The lowest BCUT2D eigenvalue weighted by Crippen LogP contribution is -1.80. The van der Waals surface area contributed by atoms with Gasteiger partial charge in [-0.05, 0) is 12.1 Å². The van der Waals surface area contributed by atoms with Crippen LogP contribution in [0.3, 0.4) is 0 Å². The third kappa shape index (κ3) is 0.941. The Kier molecular flexibility index (Phi) is 1.28. The van der Waals surface area contributed by atoms with Gasteiger partial charge in [0.25, 0.3) is 0 Å². The molecule has 0 unspecified atom stereocenters. The monoisotopic (exact) mass is 149 g/mol. The van der Waals surface area contributed by atoms with Crippen LogP contribution in [0.2, 0.25) is 0 Å². The van der Waals surface area contributed by atoms with Crippen LogP contribution in [0.15, 0.2) is 29.0 Å². The minimum atomic E-state index is 0.798. The standard InChI is InChI=1S/C8H7NO2/c1-10-7-3-2-6-5-11-9-8(6)4-7/h2-5H,1H3. The summed E-state index contributed by atoms with van der Waals surface area (Å²) in [5, 5.41) is 4.76. The molecular formula is C8H7NO2. The molecule has 0 spiro atoms. The second kappa shape index (κ2) is 2.27. The van der Waals surface area contributed by atoms with Crippen LogP contribution in [0.5, 0.6) is 5.75 Å². The van der Waals surface area contributed by atoms with E-state index in [1.165, 1.54) is 0 Å². The van der Waals surface area contributed by atoms with Crippen LogP contribution >= 0.6 is 0 Å². The van der Waals surface area contributed by atoms with Crippen LogP contribution < -0.4 is 4.74 Å². The molecule has 0 aliphatic heterocycles. The molecule has 1 aromatic carbocycles. The number of ether oxygens (including phenoxy) is 1. The van der Waals surface area contributed by atoms with E-state index in [0.717, 1.165) is 16.7 Å². The summed E-state index contributed by atoms with van der Waals surface area (Å²) in [4.78, 5) is 0. The second-order valence-corrected chi connectivity index (χ2v) is 2.24. The highest BCUT2D eigenvalue weighted by Crippen LogP contribution is 2.18. The van der Waals surface area contributed by atoms with Crippen molar-refractivity contribution in [1.82, 2.24) is 5.16 Å². The Morgan fingerprint density at radius 3 is 3.18 bits per heavy atom. The highest BCUT2D eigenvalue weighted by molar-refractivity contribution is 5.78. The van der Waals surface area contributed by atoms with E-state index in [1.807, 2.05) is 18.2 Å². The summed E-state index contributed by atoms with van der Waals surface area (Å²) in [6.07, 6.45) is 1.61. The van der Waals surface area contributed by atoms with Gasteiger partial charge >= 0.3 is 0 Å². The average Bonchev–Trinajstić information content (AvgIpc) is 2.50. The van der Waals surface area contributed by atoms with Gasteiger partial charge in [0.2, 0.25) is 0 Å². The SMILES string of the molecule is COc1ccc2conc2c1. The van der Waals surface area contributed by atoms with Crippen LogP contribution in [0.1, 0.15) is 0 Å². The van der Waals surface area contributed by atoms with Crippen molar-refractivity contribution in [2.24, 2.45) is 0 Å². The maximum Gasteiger partial charge on any atom is 0.131 e. The Hall–Kier alpha value is -1.51. The molecule has 0 radical (unpaired) electrons. The van der Waals surface area contributed by atoms with Crippen molar-refractivity contribution < 1.29 is 9.26 Å². The Morgan fingerprint density at radius 2 is 2.36 bits per heavy atom. The van der Waals surface area contributed by atoms with E-state index < -0.39 is 0 Å². The minimum absolute atomic E-state index is 0.798. The zero-order valence-electron chi connectivity index (χ0n) is 6.07. The third-order valence-corrected chi connectivity index (χ3v) is 1.57. The van der Waals surface area contributed by atoms with E-state index >= 15 is 0 Å². The first-order chi connectivity index (χ1) is 5.40. The molecule has 2 rings (SSSR count). The highest BCUT2D eigenvalue weighted by Gasteiger charge is 1.98. The van der Waals surface area contributed by atoms with Crippen LogP contribution in [0.25, 0.3) is 10.9 Å². The number of aromatic nitrogens is 1. The van der Waals surface area contributed by atoms with E-state index in [4.69, 9.17) is 9.26 Å². The molecule has 0 saturated carbocycles. The number of benzene rings is 1. The molecule has 0 atom stereocenters. The summed E-state index contributed by atoms with van der Waals surface area (Å²) >= 11 is 0. The van der Waals surface area contributed by atoms with Crippen molar-refractivity contribution in [3.05, 3.63) is 24.5 Å². The molecule has 56 valence electrons. The molecule has 0 aliphatic rings. The zero-order chi connectivity index (χ0) is 7.68. The molecule has 11 heavy (non-hydrogen) atoms. The van der Waals surface area contributed by atoms with E-state index in [0.29, 0.717) is 0 Å². The fourth-order valence-corrected chi connectivity index (χ4v) is 0.969. The van der Waals surface area contributed by atoms with E-state index in [-0.39, 0.29) is 0 Å². The van der Waals surface area contributed by atoms with Gasteiger partial charge in [0.1, 0.15) is 17.5 Å². The van der Waals surface area contributed by atoms with Crippen molar-refractivity contribution >= 4 is 10.9 Å². The first kappa shape index (κ1) is 6.22. The molecule has 0 aliphatic carbocycles. The lowest BCUT2D eigenvalue weighted by atomic mass is 10.2. The van der Waals surface area contributed by atoms with Crippen molar-refractivity contribution in [2.45, 2.75) is 0 Å². The maximum atomic E-state index is 5.01. The number of methoxy groups -OCH3 is 1. The maximum absolute atomic E-state index is 5.01. The fraction of sp³-hybridized carbons (Fsp3) is 0.125. The van der Waals surface area contributed by atoms with E-state index in [2.05, 4.69) is 5.16 Å². The van der Waals surface area contributed by atoms with Crippen LogP contribution in [-0.2, 0) is 0 Å². The topological polar surface area (TPSA) is 35.3 Å². The van der Waals surface area contributed by atoms with Gasteiger partial charge in [-0.3, -0.25) is 0 Å². The number of hydrogen-bond acceptors (Lipinski definition) is 3. The summed E-state index contributed by atoms with van der Waals surface area (Å²) in [5.74, 6) is 0.798. The molecule has 0 amide bonds. The summed E-state index contributed by atoms with van der Waals surface area (Å²) in [7, 11) is 1.63. The summed E-state index contributed by atoms with van der Waals surface area (Å²) in [5.41, 5.74) is 0.823. The Morgan fingerprint density at radius 1 is 1.45 bits per heavy atom. The first-order valence-electron chi connectivity index (χ1n) is 3.28. The number of fused-ring (bicyclic) bond motifs is 1. The fourth-order valence-electron chi connectivity index (χ4n) is 0.969. The number of nitrogens with zero attached hydrogens (tertiary/aromatic N) is 1. The predicted octanol–water partition coefficient (Wildman–Crippen LogP) is 1.84. The average molecular weight is 149 g/mol. The van der Waals surface area contributed by atoms with Crippen molar-refractivity contribution in [3.8, 4) is 5.75 Å². The molecule has 0 bridgehead atoms. The molecule has 1 heterocycles. The smallest absolute Gasteiger partial charge is 0.131 e. The number of hydrogen-bond donors (Lipinski definition) is 0. The zero-order valence-corrected chi connectivity index (χ0v) is 6.07. The molecular weight excluding hydrogens is 142 g/mol. The summed E-state index contributed by atoms with van der Waals surface area (Å²) in [6.45, 7) is 0. The molecule has 2 aromatic rings. The van der Waals surface area contributed by atoms with Crippen LogP contribution in [0, 0.1) is 0 Å². The summed E-state index contributed by atoms with van der Waals surface area (Å²) < 4.78 is 9.77. The second-order valence-electron chi connectivity index (χ2n) is 2.24. The van der Waals surface area contributed by atoms with Crippen molar-refractivity contribution in [3.63, 3.8) is 0 Å². The van der Waals surface area contributed by atoms with E-state index in [1.54, 1.807) is 13.4 Å². The van der Waals surface area contributed by atoms with Gasteiger partial charge < -0.3 is 9.26 Å². The molecule has 0 N–H and O–H groups in total. The van der Waals surface area contributed by atoms with Crippen LogP contribution in [0.4, 0.5) is 0 Å². The third-order valence-electron chi connectivity index (χ3n) is 1.57. The molecule has 0 fully saturated rings. The van der Waals surface area contributed by atoms with Crippen molar-refractivity contribution in [2.75, 3.05) is 7.11 Å².